The van der Waals surface area contributed by atoms with Gasteiger partial charge in [-0.05, 0) is 77.6 Å². The van der Waals surface area contributed by atoms with Gasteiger partial charge in [-0.2, -0.15) is 11.8 Å². The maximum Gasteiger partial charge on any atom is 0.326 e. The van der Waals surface area contributed by atoms with Crippen LogP contribution < -0.4 is 5.32 Å². The minimum Gasteiger partial charge on any atom is -0.480 e. The van der Waals surface area contributed by atoms with Crippen molar-refractivity contribution in [1.82, 2.24) is 10.2 Å². The van der Waals surface area contributed by atoms with Crippen molar-refractivity contribution in [3.05, 3.63) is 95.1 Å². The number of rotatable bonds is 14. The first-order valence-electron chi connectivity index (χ1n) is 14.5. The summed E-state index contributed by atoms with van der Waals surface area (Å²) in [5.74, 6) is -0.0780. The Morgan fingerprint density at radius 3 is 2.51 bits per heavy atom. The first kappa shape index (κ1) is 30.8. The molecule has 218 valence electrons. The van der Waals surface area contributed by atoms with Gasteiger partial charge in [0.1, 0.15) is 6.04 Å². The van der Waals surface area contributed by atoms with Gasteiger partial charge in [0.2, 0.25) is 0 Å². The van der Waals surface area contributed by atoms with Gasteiger partial charge in [-0.3, -0.25) is 9.69 Å². The molecule has 6 nitrogen and oxygen atoms in total. The van der Waals surface area contributed by atoms with Crippen LogP contribution in [0.5, 0.6) is 0 Å². The van der Waals surface area contributed by atoms with Crippen molar-refractivity contribution in [1.29, 1.82) is 0 Å². The summed E-state index contributed by atoms with van der Waals surface area (Å²) < 4.78 is 6.16. The van der Waals surface area contributed by atoms with Gasteiger partial charge in [0.25, 0.3) is 5.91 Å². The summed E-state index contributed by atoms with van der Waals surface area (Å²) in [7, 11) is 0. The maximum absolute atomic E-state index is 13.4. The molecular formula is C34H42N2O4S. The molecule has 3 atom stereocenters. The van der Waals surface area contributed by atoms with Gasteiger partial charge in [0.15, 0.2) is 0 Å². The van der Waals surface area contributed by atoms with Crippen LogP contribution in [0, 0.1) is 12.8 Å². The Morgan fingerprint density at radius 2 is 1.80 bits per heavy atom. The number of carboxylic acid groups (broad SMARTS) is 1. The third-order valence-corrected chi connectivity index (χ3v) is 8.62. The second kappa shape index (κ2) is 15.2. The topological polar surface area (TPSA) is 78.9 Å². The molecule has 1 unspecified atom stereocenters. The van der Waals surface area contributed by atoms with Crippen molar-refractivity contribution in [2.75, 3.05) is 25.2 Å². The number of nitrogens with one attached hydrogen (secondary N) is 1. The number of carbonyl (C=O) groups is 2. The van der Waals surface area contributed by atoms with Crippen LogP contribution >= 0.6 is 11.8 Å². The molecule has 41 heavy (non-hydrogen) atoms. The Morgan fingerprint density at radius 1 is 1.05 bits per heavy atom. The molecule has 1 fully saturated rings. The standard InChI is InChI=1S/C34H42N2O4S/c1-4-25-18-28(23-40-22-26-11-6-5-7-12-26)36(20-25)21-27-14-15-30(31(19-27)29-13-9-8-10-24(29)2)33(37)35-32(34(38)39)16-17-41-3/h5-15,19,25,28,32H,4,16-18,20-23H2,1-3H3,(H,35,37)(H,38,39)/t25-,28?,32+/m1/s1. The van der Waals surface area contributed by atoms with Gasteiger partial charge < -0.3 is 15.2 Å². The fraction of sp³-hybridized carbons (Fsp3) is 0.412. The molecule has 1 amide bonds. The molecule has 1 saturated heterocycles. The minimum atomic E-state index is -1.01. The summed E-state index contributed by atoms with van der Waals surface area (Å²) in [4.78, 5) is 27.8. The van der Waals surface area contributed by atoms with Gasteiger partial charge in [0, 0.05) is 24.7 Å². The van der Waals surface area contributed by atoms with Crippen LogP contribution in [0.1, 0.15) is 53.2 Å². The molecule has 3 aromatic carbocycles. The Labute approximate surface area is 248 Å². The molecule has 0 saturated carbocycles. The van der Waals surface area contributed by atoms with Gasteiger partial charge in [-0.1, -0.05) is 74.0 Å². The van der Waals surface area contributed by atoms with Crippen LogP contribution in [0.25, 0.3) is 11.1 Å². The highest BCUT2D eigenvalue weighted by molar-refractivity contribution is 7.98. The fourth-order valence-corrected chi connectivity index (χ4v) is 6.06. The molecular weight excluding hydrogens is 532 g/mol. The second-order valence-electron chi connectivity index (χ2n) is 10.9. The van der Waals surface area contributed by atoms with Crippen molar-refractivity contribution < 1.29 is 19.4 Å². The highest BCUT2D eigenvalue weighted by Crippen LogP contribution is 2.31. The van der Waals surface area contributed by atoms with E-state index >= 15 is 0 Å². The van der Waals surface area contributed by atoms with Crippen molar-refractivity contribution in [3.63, 3.8) is 0 Å². The predicted octanol–water partition coefficient (Wildman–Crippen LogP) is 6.42. The second-order valence-corrected chi connectivity index (χ2v) is 11.9. The van der Waals surface area contributed by atoms with Crippen LogP contribution in [-0.2, 0) is 22.7 Å². The highest BCUT2D eigenvalue weighted by atomic mass is 32.2. The summed E-state index contributed by atoms with van der Waals surface area (Å²) >= 11 is 1.57. The van der Waals surface area contributed by atoms with E-state index in [1.807, 2.05) is 67.8 Å². The van der Waals surface area contributed by atoms with E-state index in [4.69, 9.17) is 4.74 Å². The van der Waals surface area contributed by atoms with Gasteiger partial charge >= 0.3 is 5.97 Å². The third-order valence-electron chi connectivity index (χ3n) is 7.98. The van der Waals surface area contributed by atoms with E-state index in [1.54, 1.807) is 11.8 Å². The average molecular weight is 575 g/mol. The minimum absolute atomic E-state index is 0.335. The predicted molar refractivity (Wildman–Crippen MR) is 167 cm³/mol. The fourth-order valence-electron chi connectivity index (χ4n) is 5.59. The van der Waals surface area contributed by atoms with Crippen LogP contribution in [0.3, 0.4) is 0 Å². The number of amides is 1. The Hall–Kier alpha value is -3.13. The lowest BCUT2D eigenvalue weighted by atomic mass is 9.93. The monoisotopic (exact) mass is 574 g/mol. The zero-order chi connectivity index (χ0) is 29.2. The molecule has 1 heterocycles. The van der Waals surface area contributed by atoms with E-state index < -0.39 is 12.0 Å². The zero-order valence-corrected chi connectivity index (χ0v) is 25.2. The number of thioether (sulfide) groups is 1. The highest BCUT2D eigenvalue weighted by Gasteiger charge is 2.31. The summed E-state index contributed by atoms with van der Waals surface area (Å²) in [6, 6.07) is 23.7. The number of aryl methyl sites for hydroxylation is 1. The van der Waals surface area contributed by atoms with Crippen molar-refractivity contribution in [3.8, 4) is 11.1 Å². The molecule has 0 radical (unpaired) electrons. The number of benzene rings is 3. The molecule has 7 heteroatoms. The number of carboxylic acids is 1. The summed E-state index contributed by atoms with van der Waals surface area (Å²) in [6.45, 7) is 7.37. The van der Waals surface area contributed by atoms with Crippen molar-refractivity contribution in [2.45, 2.75) is 58.3 Å². The molecule has 0 bridgehead atoms. The lowest BCUT2D eigenvalue weighted by molar-refractivity contribution is -0.139. The number of hydrogen-bond acceptors (Lipinski definition) is 5. The summed E-state index contributed by atoms with van der Waals surface area (Å²) in [5.41, 5.74) is 5.67. The molecule has 0 aromatic heterocycles. The summed E-state index contributed by atoms with van der Waals surface area (Å²) in [5, 5.41) is 12.5. The molecule has 1 aliphatic heterocycles. The molecule has 0 spiro atoms. The van der Waals surface area contributed by atoms with Crippen LogP contribution in [0.4, 0.5) is 0 Å². The molecule has 3 aromatic rings. The van der Waals surface area contributed by atoms with E-state index in [-0.39, 0.29) is 5.91 Å². The normalized spacial score (nSPS) is 17.8. The van der Waals surface area contributed by atoms with E-state index in [1.165, 1.54) is 5.56 Å². The quantitative estimate of drug-likeness (QED) is 0.232. The number of nitrogens with zero attached hydrogens (tertiary/aromatic N) is 1. The maximum atomic E-state index is 13.4. The number of likely N-dealkylation sites (tertiary alicyclic amines) is 1. The number of carbonyl (C=O) groups excluding carboxylic acids is 1. The Bertz CT molecular complexity index is 1300. The average Bonchev–Trinajstić information content (AvgIpc) is 3.37. The van der Waals surface area contributed by atoms with Gasteiger partial charge in [-0.25, -0.2) is 4.79 Å². The van der Waals surface area contributed by atoms with Crippen LogP contribution in [0.2, 0.25) is 0 Å². The number of hydrogen-bond donors (Lipinski definition) is 2. The van der Waals surface area contributed by atoms with E-state index in [0.29, 0.717) is 42.9 Å². The molecule has 0 aliphatic carbocycles. The lowest BCUT2D eigenvalue weighted by Gasteiger charge is -2.25. The van der Waals surface area contributed by atoms with Gasteiger partial charge in [-0.15, -0.1) is 0 Å². The van der Waals surface area contributed by atoms with Gasteiger partial charge in [0.05, 0.1) is 13.2 Å². The Balaban J connectivity index is 1.55. The third kappa shape index (κ3) is 8.44. The lowest BCUT2D eigenvalue weighted by Crippen LogP contribution is -2.41. The number of aliphatic carboxylic acids is 1. The smallest absolute Gasteiger partial charge is 0.326 e. The SMILES string of the molecule is CC[C@@H]1CC(COCc2ccccc2)N(Cc2ccc(C(=O)N[C@@H](CCSC)C(=O)O)c(-c3ccccc3C)c2)C1. The van der Waals surface area contributed by atoms with Crippen molar-refractivity contribution >= 4 is 23.6 Å². The first-order valence-corrected chi connectivity index (χ1v) is 15.9. The van der Waals surface area contributed by atoms with E-state index in [2.05, 4.69) is 35.3 Å². The molecule has 2 N–H and O–H groups in total. The van der Waals surface area contributed by atoms with Crippen LogP contribution in [-0.4, -0.2) is 59.1 Å². The first-order chi connectivity index (χ1) is 19.9. The summed E-state index contributed by atoms with van der Waals surface area (Å²) in [6.07, 6.45) is 4.56. The largest absolute Gasteiger partial charge is 0.480 e. The van der Waals surface area contributed by atoms with E-state index in [0.717, 1.165) is 48.2 Å². The molecule has 4 rings (SSSR count). The zero-order valence-electron chi connectivity index (χ0n) is 24.3. The Kier molecular flexibility index (Phi) is 11.4. The molecule has 1 aliphatic rings. The van der Waals surface area contributed by atoms with Crippen LogP contribution in [0.15, 0.2) is 72.8 Å². The number of ether oxygens (including phenoxy) is 1. The van der Waals surface area contributed by atoms with E-state index in [9.17, 15) is 14.7 Å². The van der Waals surface area contributed by atoms with Crippen molar-refractivity contribution in [2.24, 2.45) is 5.92 Å².